The number of rotatable bonds is 6. The van der Waals surface area contributed by atoms with Crippen molar-refractivity contribution in [3.8, 4) is 0 Å². The summed E-state index contributed by atoms with van der Waals surface area (Å²) >= 11 is 0. The van der Waals surface area contributed by atoms with E-state index < -0.39 is 0 Å². The number of carbonyl (C=O) groups excluding carboxylic acids is 2. The molecule has 3 aromatic carbocycles. The number of hydrogen-bond donors (Lipinski definition) is 1. The van der Waals surface area contributed by atoms with E-state index in [0.29, 0.717) is 17.7 Å². The molecule has 1 amide bonds. The minimum Gasteiger partial charge on any atom is -0.325 e. The van der Waals surface area contributed by atoms with Gasteiger partial charge in [0, 0.05) is 17.9 Å². The molecule has 3 rings (SSSR count). The molecular weight excluding hydrogens is 322 g/mol. The van der Waals surface area contributed by atoms with Gasteiger partial charge in [0.25, 0.3) is 0 Å². The van der Waals surface area contributed by atoms with Crippen molar-refractivity contribution in [1.82, 2.24) is 0 Å². The molecule has 0 fully saturated rings. The van der Waals surface area contributed by atoms with E-state index in [0.717, 1.165) is 11.1 Å². The molecule has 1 N–H and O–H groups in total. The van der Waals surface area contributed by atoms with Crippen molar-refractivity contribution in [2.75, 3.05) is 5.32 Å². The fourth-order valence-electron chi connectivity index (χ4n) is 3.08. The molecule has 0 aliphatic heterocycles. The maximum Gasteiger partial charge on any atom is 0.225 e. The van der Waals surface area contributed by atoms with Crippen LogP contribution in [0.4, 0.5) is 5.69 Å². The van der Waals surface area contributed by atoms with E-state index in [2.05, 4.69) is 5.32 Å². The Morgan fingerprint density at radius 3 is 1.81 bits per heavy atom. The molecule has 0 aliphatic rings. The molecule has 0 saturated carbocycles. The number of para-hydroxylation sites is 1. The molecule has 3 nitrogen and oxygen atoms in total. The molecule has 26 heavy (non-hydrogen) atoms. The average molecular weight is 343 g/mol. The molecule has 3 heteroatoms. The lowest BCUT2D eigenvalue weighted by Gasteiger charge is -2.18. The van der Waals surface area contributed by atoms with Crippen LogP contribution in [0.2, 0.25) is 0 Å². The highest BCUT2D eigenvalue weighted by Gasteiger charge is 2.19. The maximum absolute atomic E-state index is 12.7. The third-order valence-corrected chi connectivity index (χ3v) is 4.37. The van der Waals surface area contributed by atoms with Gasteiger partial charge in [-0.2, -0.15) is 0 Å². The molecule has 0 spiro atoms. The lowest BCUT2D eigenvalue weighted by Crippen LogP contribution is -2.18. The molecular formula is C23H21NO2. The van der Waals surface area contributed by atoms with Gasteiger partial charge >= 0.3 is 0 Å². The SMILES string of the molecule is CC(=O)c1ccccc1NC(=O)CC(c1ccccc1)c1ccccc1. The van der Waals surface area contributed by atoms with Crippen molar-refractivity contribution in [1.29, 1.82) is 0 Å². The zero-order valence-corrected chi connectivity index (χ0v) is 14.7. The van der Waals surface area contributed by atoms with E-state index >= 15 is 0 Å². The van der Waals surface area contributed by atoms with E-state index in [1.54, 1.807) is 18.2 Å². The van der Waals surface area contributed by atoms with Crippen LogP contribution in [-0.2, 0) is 4.79 Å². The first-order valence-corrected chi connectivity index (χ1v) is 8.65. The molecule has 0 saturated heterocycles. The van der Waals surface area contributed by atoms with E-state index in [-0.39, 0.29) is 17.6 Å². The number of benzene rings is 3. The lowest BCUT2D eigenvalue weighted by molar-refractivity contribution is -0.116. The molecule has 0 aliphatic carbocycles. The fourth-order valence-corrected chi connectivity index (χ4v) is 3.08. The normalized spacial score (nSPS) is 10.5. The Morgan fingerprint density at radius 1 is 0.769 bits per heavy atom. The number of anilines is 1. The van der Waals surface area contributed by atoms with Gasteiger partial charge in [-0.05, 0) is 30.2 Å². The summed E-state index contributed by atoms with van der Waals surface area (Å²) in [6.45, 7) is 1.50. The highest BCUT2D eigenvalue weighted by molar-refractivity contribution is 6.03. The Morgan fingerprint density at radius 2 is 1.27 bits per heavy atom. The van der Waals surface area contributed by atoms with E-state index in [9.17, 15) is 9.59 Å². The first kappa shape index (κ1) is 17.6. The molecule has 0 bridgehead atoms. The molecule has 0 aromatic heterocycles. The molecule has 0 unspecified atom stereocenters. The van der Waals surface area contributed by atoms with Gasteiger partial charge in [-0.25, -0.2) is 0 Å². The Balaban J connectivity index is 1.84. The molecule has 0 heterocycles. The van der Waals surface area contributed by atoms with Crippen LogP contribution in [0, 0.1) is 0 Å². The number of amides is 1. The molecule has 0 radical (unpaired) electrons. The fraction of sp³-hybridized carbons (Fsp3) is 0.130. The highest BCUT2D eigenvalue weighted by Crippen LogP contribution is 2.28. The van der Waals surface area contributed by atoms with Crippen LogP contribution < -0.4 is 5.32 Å². The Hall–Kier alpha value is -3.20. The van der Waals surface area contributed by atoms with Gasteiger partial charge in [0.2, 0.25) is 5.91 Å². The summed E-state index contributed by atoms with van der Waals surface area (Å²) in [6, 6.07) is 27.1. The van der Waals surface area contributed by atoms with Crippen LogP contribution in [-0.4, -0.2) is 11.7 Å². The third-order valence-electron chi connectivity index (χ3n) is 4.37. The first-order valence-electron chi connectivity index (χ1n) is 8.65. The van der Waals surface area contributed by atoms with Crippen LogP contribution in [0.3, 0.4) is 0 Å². The number of carbonyl (C=O) groups is 2. The predicted octanol–water partition coefficient (Wildman–Crippen LogP) is 5.05. The van der Waals surface area contributed by atoms with Crippen LogP contribution in [0.15, 0.2) is 84.9 Å². The van der Waals surface area contributed by atoms with E-state index in [1.165, 1.54) is 6.92 Å². The zero-order valence-electron chi connectivity index (χ0n) is 14.7. The number of hydrogen-bond acceptors (Lipinski definition) is 2. The Labute approximate surface area is 153 Å². The maximum atomic E-state index is 12.7. The largest absolute Gasteiger partial charge is 0.325 e. The Bertz CT molecular complexity index is 849. The van der Waals surface area contributed by atoms with Crippen LogP contribution in [0.25, 0.3) is 0 Å². The summed E-state index contributed by atoms with van der Waals surface area (Å²) in [5, 5.41) is 2.90. The zero-order chi connectivity index (χ0) is 18.4. The third kappa shape index (κ3) is 4.25. The topological polar surface area (TPSA) is 46.2 Å². The second-order valence-electron chi connectivity index (χ2n) is 6.23. The molecule has 130 valence electrons. The minimum absolute atomic E-state index is 0.0399. The minimum atomic E-state index is -0.114. The van der Waals surface area contributed by atoms with Crippen molar-refractivity contribution in [2.45, 2.75) is 19.3 Å². The van der Waals surface area contributed by atoms with Gasteiger partial charge in [-0.3, -0.25) is 9.59 Å². The van der Waals surface area contributed by atoms with E-state index in [4.69, 9.17) is 0 Å². The number of ketones is 1. The summed E-state index contributed by atoms with van der Waals surface area (Å²) in [4.78, 5) is 24.5. The molecule has 0 atom stereocenters. The van der Waals surface area contributed by atoms with Gasteiger partial charge < -0.3 is 5.32 Å². The second kappa shape index (κ2) is 8.26. The van der Waals surface area contributed by atoms with Gasteiger partial charge in [0.05, 0.1) is 5.69 Å². The molecule has 3 aromatic rings. The number of nitrogens with one attached hydrogen (secondary N) is 1. The average Bonchev–Trinajstić information content (AvgIpc) is 2.68. The summed E-state index contributed by atoms with van der Waals surface area (Å²) in [5.41, 5.74) is 3.27. The van der Waals surface area contributed by atoms with Crippen molar-refractivity contribution in [2.24, 2.45) is 0 Å². The van der Waals surface area contributed by atoms with Gasteiger partial charge in [-0.15, -0.1) is 0 Å². The number of Topliss-reactive ketones (excluding diaryl/α,β-unsaturated/α-hetero) is 1. The van der Waals surface area contributed by atoms with Crippen LogP contribution >= 0.6 is 0 Å². The van der Waals surface area contributed by atoms with E-state index in [1.807, 2.05) is 66.7 Å². The lowest BCUT2D eigenvalue weighted by atomic mass is 9.88. The Kier molecular flexibility index (Phi) is 5.59. The monoisotopic (exact) mass is 343 g/mol. The smallest absolute Gasteiger partial charge is 0.225 e. The highest BCUT2D eigenvalue weighted by atomic mass is 16.1. The van der Waals surface area contributed by atoms with Crippen LogP contribution in [0.5, 0.6) is 0 Å². The van der Waals surface area contributed by atoms with Crippen molar-refractivity contribution < 1.29 is 9.59 Å². The first-order chi connectivity index (χ1) is 12.6. The summed E-state index contributed by atoms with van der Waals surface area (Å²) in [6.07, 6.45) is 0.306. The van der Waals surface area contributed by atoms with Gasteiger partial charge in [0.15, 0.2) is 5.78 Å². The van der Waals surface area contributed by atoms with Gasteiger partial charge in [-0.1, -0.05) is 72.8 Å². The van der Waals surface area contributed by atoms with Crippen molar-refractivity contribution in [3.63, 3.8) is 0 Å². The summed E-state index contributed by atoms with van der Waals surface area (Å²) < 4.78 is 0. The predicted molar refractivity (Wildman–Crippen MR) is 104 cm³/mol. The van der Waals surface area contributed by atoms with Crippen LogP contribution in [0.1, 0.15) is 40.7 Å². The van der Waals surface area contributed by atoms with Crippen molar-refractivity contribution in [3.05, 3.63) is 102 Å². The quantitative estimate of drug-likeness (QED) is 0.637. The van der Waals surface area contributed by atoms with Crippen molar-refractivity contribution >= 4 is 17.4 Å². The summed E-state index contributed by atoms with van der Waals surface area (Å²) in [5.74, 6) is -0.220. The summed E-state index contributed by atoms with van der Waals surface area (Å²) in [7, 11) is 0. The van der Waals surface area contributed by atoms with Gasteiger partial charge in [0.1, 0.15) is 0 Å². The second-order valence-corrected chi connectivity index (χ2v) is 6.23. The standard InChI is InChI=1S/C23H21NO2/c1-17(25)20-14-8-9-15-22(20)24-23(26)16-21(18-10-4-2-5-11-18)19-12-6-3-7-13-19/h2-15,21H,16H2,1H3,(H,24,26).